The van der Waals surface area contributed by atoms with E-state index in [9.17, 15) is 8.78 Å². The van der Waals surface area contributed by atoms with Crippen LogP contribution in [0.1, 0.15) is 19.2 Å². The molecule has 0 aliphatic rings. The van der Waals surface area contributed by atoms with E-state index in [1.165, 1.54) is 18.2 Å². The van der Waals surface area contributed by atoms with Gasteiger partial charge in [0.15, 0.2) is 0 Å². The largest absolute Gasteiger partial charge is 0.373 e. The van der Waals surface area contributed by atoms with Crippen LogP contribution in [0, 0.1) is 11.6 Å². The maximum Gasteiger partial charge on any atom is 0.149 e. The molecule has 0 atom stereocenters. The zero-order chi connectivity index (χ0) is 14.5. The first-order chi connectivity index (χ1) is 9.63. The quantitative estimate of drug-likeness (QED) is 0.879. The molecule has 1 aromatic heterocycles. The Hall–Kier alpha value is -2.24. The van der Waals surface area contributed by atoms with Crippen molar-refractivity contribution in [2.24, 2.45) is 0 Å². The van der Waals surface area contributed by atoms with Crippen LogP contribution in [0.2, 0.25) is 0 Å². The molecule has 0 saturated heterocycles. The van der Waals surface area contributed by atoms with Crippen molar-refractivity contribution in [3.8, 4) is 0 Å². The van der Waals surface area contributed by atoms with Crippen LogP contribution in [-0.4, -0.2) is 17.0 Å². The molecule has 6 heteroatoms. The summed E-state index contributed by atoms with van der Waals surface area (Å²) in [5.41, 5.74) is -0.212. The molecule has 1 heterocycles. The van der Waals surface area contributed by atoms with Crippen LogP contribution < -0.4 is 10.6 Å². The van der Waals surface area contributed by atoms with E-state index in [4.69, 9.17) is 0 Å². The van der Waals surface area contributed by atoms with E-state index < -0.39 is 11.6 Å². The summed E-state index contributed by atoms with van der Waals surface area (Å²) in [6.07, 6.45) is 1.59. The van der Waals surface area contributed by atoms with Crippen molar-refractivity contribution in [2.75, 3.05) is 17.7 Å². The Morgan fingerprint density at radius 1 is 1.10 bits per heavy atom. The van der Waals surface area contributed by atoms with Gasteiger partial charge in [0.25, 0.3) is 0 Å². The van der Waals surface area contributed by atoms with Gasteiger partial charge in [0, 0.05) is 19.5 Å². The van der Waals surface area contributed by atoms with Gasteiger partial charge in [0.1, 0.15) is 34.8 Å². The lowest BCUT2D eigenvalue weighted by molar-refractivity contribution is 0.590. The van der Waals surface area contributed by atoms with Gasteiger partial charge in [-0.25, -0.2) is 18.7 Å². The van der Waals surface area contributed by atoms with Gasteiger partial charge in [-0.15, -0.1) is 0 Å². The first kappa shape index (κ1) is 14.2. The minimum Gasteiger partial charge on any atom is -0.373 e. The first-order valence-corrected chi connectivity index (χ1v) is 6.40. The minimum atomic E-state index is -0.660. The fourth-order valence-corrected chi connectivity index (χ4v) is 1.77. The Morgan fingerprint density at radius 2 is 1.75 bits per heavy atom. The Labute approximate surface area is 116 Å². The molecule has 0 spiro atoms. The van der Waals surface area contributed by atoms with Gasteiger partial charge < -0.3 is 10.6 Å². The molecule has 0 aliphatic heterocycles. The molecule has 0 bridgehead atoms. The van der Waals surface area contributed by atoms with E-state index >= 15 is 0 Å². The van der Waals surface area contributed by atoms with Gasteiger partial charge >= 0.3 is 0 Å². The topological polar surface area (TPSA) is 49.8 Å². The number of hydrogen-bond donors (Lipinski definition) is 2. The highest BCUT2D eigenvalue weighted by molar-refractivity contribution is 5.60. The number of benzene rings is 1. The summed E-state index contributed by atoms with van der Waals surface area (Å²) >= 11 is 0. The van der Waals surface area contributed by atoms with Crippen LogP contribution in [0.4, 0.5) is 26.1 Å². The average molecular weight is 278 g/mol. The van der Waals surface area contributed by atoms with E-state index in [0.717, 1.165) is 6.42 Å². The number of nitrogens with zero attached hydrogens (tertiary/aromatic N) is 2. The molecule has 2 N–H and O–H groups in total. The summed E-state index contributed by atoms with van der Waals surface area (Å²) < 4.78 is 27.2. The van der Waals surface area contributed by atoms with Gasteiger partial charge in [-0.3, -0.25) is 0 Å². The molecule has 1 aromatic carbocycles. The predicted octanol–water partition coefficient (Wildman–Crippen LogP) is 3.49. The van der Waals surface area contributed by atoms with Crippen LogP contribution in [0.3, 0.4) is 0 Å². The molecular weight excluding hydrogens is 262 g/mol. The van der Waals surface area contributed by atoms with Crippen molar-refractivity contribution in [1.29, 1.82) is 0 Å². The van der Waals surface area contributed by atoms with Crippen LogP contribution >= 0.6 is 0 Å². The zero-order valence-electron chi connectivity index (χ0n) is 11.4. The normalized spacial score (nSPS) is 10.4. The summed E-state index contributed by atoms with van der Waals surface area (Å²) in [6, 6.07) is 5.31. The zero-order valence-corrected chi connectivity index (χ0v) is 11.4. The van der Waals surface area contributed by atoms with E-state index in [1.54, 1.807) is 13.1 Å². The predicted molar refractivity (Wildman–Crippen MR) is 75.2 cm³/mol. The second kappa shape index (κ2) is 6.27. The lowest BCUT2D eigenvalue weighted by atomic mass is 10.3. The molecule has 2 aromatic rings. The van der Waals surface area contributed by atoms with Crippen LogP contribution in [-0.2, 0) is 6.42 Å². The van der Waals surface area contributed by atoms with Gasteiger partial charge in [0.05, 0.1) is 0 Å². The second-order valence-electron chi connectivity index (χ2n) is 4.28. The fourth-order valence-electron chi connectivity index (χ4n) is 1.77. The van der Waals surface area contributed by atoms with Gasteiger partial charge in [-0.1, -0.05) is 13.0 Å². The van der Waals surface area contributed by atoms with Gasteiger partial charge in [-0.05, 0) is 18.6 Å². The highest BCUT2D eigenvalue weighted by Crippen LogP contribution is 2.23. The molecule has 4 nitrogen and oxygen atoms in total. The third-order valence-corrected chi connectivity index (χ3v) is 2.72. The summed E-state index contributed by atoms with van der Waals surface area (Å²) in [5, 5.41) is 5.58. The molecule has 0 amide bonds. The number of nitrogens with one attached hydrogen (secondary N) is 2. The van der Waals surface area contributed by atoms with E-state index in [1.807, 2.05) is 6.92 Å². The third-order valence-electron chi connectivity index (χ3n) is 2.72. The maximum absolute atomic E-state index is 13.6. The highest BCUT2D eigenvalue weighted by Gasteiger charge is 2.10. The number of hydrogen-bond acceptors (Lipinski definition) is 4. The number of halogens is 2. The second-order valence-corrected chi connectivity index (χ2v) is 4.28. The monoisotopic (exact) mass is 278 g/mol. The molecule has 2 rings (SSSR count). The summed E-state index contributed by atoms with van der Waals surface area (Å²) in [7, 11) is 1.73. The third kappa shape index (κ3) is 3.20. The smallest absolute Gasteiger partial charge is 0.149 e. The van der Waals surface area contributed by atoms with E-state index in [0.29, 0.717) is 23.9 Å². The van der Waals surface area contributed by atoms with Crippen LogP contribution in [0.15, 0.2) is 24.3 Å². The van der Waals surface area contributed by atoms with Crippen LogP contribution in [0.25, 0.3) is 0 Å². The molecule has 0 radical (unpaired) electrons. The Morgan fingerprint density at radius 3 is 2.35 bits per heavy atom. The van der Waals surface area contributed by atoms with Crippen LogP contribution in [0.5, 0.6) is 0 Å². The molecular formula is C14H16F2N4. The lowest BCUT2D eigenvalue weighted by Gasteiger charge is -2.10. The van der Waals surface area contributed by atoms with E-state index in [2.05, 4.69) is 20.6 Å². The van der Waals surface area contributed by atoms with Gasteiger partial charge in [0.2, 0.25) is 0 Å². The SMILES string of the molecule is CCCc1nc(NC)cc(Nc2c(F)cccc2F)n1. The number of rotatable bonds is 5. The number of anilines is 3. The number of para-hydroxylation sites is 1. The number of aromatic nitrogens is 2. The Bertz CT molecular complexity index is 581. The highest BCUT2D eigenvalue weighted by atomic mass is 19.1. The molecule has 20 heavy (non-hydrogen) atoms. The van der Waals surface area contributed by atoms with Crippen molar-refractivity contribution >= 4 is 17.3 Å². The molecule has 0 saturated carbocycles. The lowest BCUT2D eigenvalue weighted by Crippen LogP contribution is -2.05. The Kier molecular flexibility index (Phi) is 4.45. The van der Waals surface area contributed by atoms with E-state index in [-0.39, 0.29) is 5.69 Å². The van der Waals surface area contributed by atoms with Crippen molar-refractivity contribution in [3.63, 3.8) is 0 Å². The van der Waals surface area contributed by atoms with Crippen molar-refractivity contribution in [1.82, 2.24) is 9.97 Å². The molecule has 0 unspecified atom stereocenters. The van der Waals surface area contributed by atoms with Crippen molar-refractivity contribution in [2.45, 2.75) is 19.8 Å². The standard InChI is InChI=1S/C14H16F2N4/c1-3-5-11-18-12(17-2)8-13(19-11)20-14-9(15)6-4-7-10(14)16/h4,6-8H,3,5H2,1-2H3,(H2,17,18,19,20). The summed E-state index contributed by atoms with van der Waals surface area (Å²) in [6.45, 7) is 2.01. The fraction of sp³-hybridized carbons (Fsp3) is 0.286. The average Bonchev–Trinajstić information content (AvgIpc) is 2.43. The van der Waals surface area contributed by atoms with Gasteiger partial charge in [-0.2, -0.15) is 0 Å². The molecule has 0 fully saturated rings. The first-order valence-electron chi connectivity index (χ1n) is 6.40. The Balaban J connectivity index is 2.35. The molecule has 106 valence electrons. The molecule has 0 aliphatic carbocycles. The summed E-state index contributed by atoms with van der Waals surface area (Å²) in [5.74, 6) is 0.261. The summed E-state index contributed by atoms with van der Waals surface area (Å²) in [4.78, 5) is 8.53. The van der Waals surface area contributed by atoms with Crippen molar-refractivity contribution < 1.29 is 8.78 Å². The number of aryl methyl sites for hydroxylation is 1. The minimum absolute atomic E-state index is 0.212. The maximum atomic E-state index is 13.6. The van der Waals surface area contributed by atoms with Crippen molar-refractivity contribution in [3.05, 3.63) is 41.7 Å².